The number of rotatable bonds is 4. The maximum atomic E-state index is 12.2. The van der Waals surface area contributed by atoms with Crippen molar-refractivity contribution in [3.8, 4) is 0 Å². The summed E-state index contributed by atoms with van der Waals surface area (Å²) in [5.74, 6) is 0.397. The molecular weight excluding hydrogens is 326 g/mol. The zero-order valence-electron chi connectivity index (χ0n) is 11.1. The van der Waals surface area contributed by atoms with E-state index in [-0.39, 0.29) is 0 Å². The number of benzene rings is 1. The minimum Gasteiger partial charge on any atom is -0.211 e. The standard InChI is InChI=1S/C14H20BrNO2S/c1-11-5-4-7-13(9-11)19(17,18)16-10-12-6-2-3-8-14(12)15/h4-5,7,9,12,14,16H,2-3,6,8,10H2,1H3. The van der Waals surface area contributed by atoms with E-state index in [1.807, 2.05) is 13.0 Å². The van der Waals surface area contributed by atoms with Crippen LogP contribution < -0.4 is 4.72 Å². The Morgan fingerprint density at radius 1 is 1.32 bits per heavy atom. The van der Waals surface area contributed by atoms with Crippen molar-refractivity contribution in [1.82, 2.24) is 4.72 Å². The van der Waals surface area contributed by atoms with Gasteiger partial charge in [-0.05, 0) is 43.4 Å². The Morgan fingerprint density at radius 3 is 2.74 bits per heavy atom. The molecule has 3 nitrogen and oxygen atoms in total. The first kappa shape index (κ1) is 15.0. The van der Waals surface area contributed by atoms with Crippen LogP contribution in [0.15, 0.2) is 29.2 Å². The molecule has 5 heteroatoms. The maximum absolute atomic E-state index is 12.2. The average molecular weight is 346 g/mol. The molecule has 1 aromatic rings. The SMILES string of the molecule is Cc1cccc(S(=O)(=O)NCC2CCCCC2Br)c1. The smallest absolute Gasteiger partial charge is 0.211 e. The van der Waals surface area contributed by atoms with Crippen LogP contribution in [0, 0.1) is 12.8 Å². The molecule has 2 atom stereocenters. The second-order valence-electron chi connectivity index (χ2n) is 5.23. The predicted octanol–water partition coefficient (Wildman–Crippen LogP) is 3.23. The number of sulfonamides is 1. The Balaban J connectivity index is 2.01. The van der Waals surface area contributed by atoms with Crippen LogP contribution in [-0.4, -0.2) is 19.8 Å². The summed E-state index contributed by atoms with van der Waals surface area (Å²) in [6, 6.07) is 7.02. The van der Waals surface area contributed by atoms with E-state index in [2.05, 4.69) is 20.7 Å². The molecule has 0 bridgehead atoms. The Kier molecular flexibility index (Phi) is 5.03. The molecule has 2 rings (SSSR count). The highest BCUT2D eigenvalue weighted by molar-refractivity contribution is 9.09. The Labute approximate surface area is 124 Å². The van der Waals surface area contributed by atoms with E-state index in [9.17, 15) is 8.42 Å². The largest absolute Gasteiger partial charge is 0.240 e. The van der Waals surface area contributed by atoms with Crippen LogP contribution in [0.2, 0.25) is 0 Å². The molecule has 1 aliphatic rings. The highest BCUT2D eigenvalue weighted by Gasteiger charge is 2.24. The lowest BCUT2D eigenvalue weighted by Gasteiger charge is -2.27. The third-order valence-corrected chi connectivity index (χ3v) is 6.28. The minimum absolute atomic E-state index is 0.356. The molecule has 0 aromatic heterocycles. The minimum atomic E-state index is -3.38. The van der Waals surface area contributed by atoms with Gasteiger partial charge in [0.15, 0.2) is 0 Å². The third kappa shape index (κ3) is 4.04. The van der Waals surface area contributed by atoms with Crippen LogP contribution in [-0.2, 0) is 10.0 Å². The van der Waals surface area contributed by atoms with Crippen molar-refractivity contribution in [1.29, 1.82) is 0 Å². The molecule has 0 spiro atoms. The van der Waals surface area contributed by atoms with Crippen molar-refractivity contribution in [2.45, 2.75) is 42.3 Å². The van der Waals surface area contributed by atoms with Gasteiger partial charge in [0.2, 0.25) is 10.0 Å². The second-order valence-corrected chi connectivity index (χ2v) is 8.17. The normalized spacial score (nSPS) is 24.3. The van der Waals surface area contributed by atoms with E-state index in [0.29, 0.717) is 22.2 Å². The van der Waals surface area contributed by atoms with Gasteiger partial charge in [-0.15, -0.1) is 0 Å². The van der Waals surface area contributed by atoms with Crippen molar-refractivity contribution in [2.24, 2.45) is 5.92 Å². The van der Waals surface area contributed by atoms with E-state index < -0.39 is 10.0 Å². The quantitative estimate of drug-likeness (QED) is 0.851. The fourth-order valence-corrected chi connectivity index (χ4v) is 4.45. The number of hydrogen-bond donors (Lipinski definition) is 1. The van der Waals surface area contributed by atoms with E-state index >= 15 is 0 Å². The maximum Gasteiger partial charge on any atom is 0.240 e. The van der Waals surface area contributed by atoms with Crippen molar-refractivity contribution >= 4 is 26.0 Å². The van der Waals surface area contributed by atoms with Crippen molar-refractivity contribution in [3.63, 3.8) is 0 Å². The summed E-state index contributed by atoms with van der Waals surface area (Å²) < 4.78 is 27.2. The molecule has 0 amide bonds. The summed E-state index contributed by atoms with van der Waals surface area (Å²) in [7, 11) is -3.38. The molecule has 1 aromatic carbocycles. The van der Waals surface area contributed by atoms with Crippen LogP contribution in [0.1, 0.15) is 31.2 Å². The first-order chi connectivity index (χ1) is 8.99. The van der Waals surface area contributed by atoms with Gasteiger partial charge in [-0.25, -0.2) is 13.1 Å². The molecule has 0 saturated heterocycles. The first-order valence-electron chi connectivity index (χ1n) is 6.69. The van der Waals surface area contributed by atoms with E-state index in [1.165, 1.54) is 12.8 Å². The van der Waals surface area contributed by atoms with Crippen molar-refractivity contribution in [3.05, 3.63) is 29.8 Å². The first-order valence-corrected chi connectivity index (χ1v) is 9.09. The van der Waals surface area contributed by atoms with Gasteiger partial charge in [-0.3, -0.25) is 0 Å². The molecule has 1 aliphatic carbocycles. The lowest BCUT2D eigenvalue weighted by Crippen LogP contribution is -2.34. The monoisotopic (exact) mass is 345 g/mol. The van der Waals surface area contributed by atoms with Gasteiger partial charge in [-0.1, -0.05) is 40.9 Å². The molecule has 0 radical (unpaired) electrons. The Bertz CT molecular complexity index is 530. The molecule has 1 fully saturated rings. The van der Waals surface area contributed by atoms with Gasteiger partial charge in [-0.2, -0.15) is 0 Å². The summed E-state index contributed by atoms with van der Waals surface area (Å²) >= 11 is 3.66. The molecule has 0 aliphatic heterocycles. The molecule has 1 N–H and O–H groups in total. The molecule has 106 valence electrons. The van der Waals surface area contributed by atoms with Crippen LogP contribution in [0.25, 0.3) is 0 Å². The van der Waals surface area contributed by atoms with E-state index in [0.717, 1.165) is 18.4 Å². The number of aryl methyl sites for hydroxylation is 1. The lowest BCUT2D eigenvalue weighted by molar-refractivity contribution is 0.373. The number of hydrogen-bond acceptors (Lipinski definition) is 2. The molecule has 19 heavy (non-hydrogen) atoms. The fraction of sp³-hybridized carbons (Fsp3) is 0.571. The Morgan fingerprint density at radius 2 is 2.05 bits per heavy atom. The van der Waals surface area contributed by atoms with E-state index in [1.54, 1.807) is 18.2 Å². The van der Waals surface area contributed by atoms with Crippen LogP contribution in [0.4, 0.5) is 0 Å². The van der Waals surface area contributed by atoms with Crippen molar-refractivity contribution in [2.75, 3.05) is 6.54 Å². The topological polar surface area (TPSA) is 46.2 Å². The van der Waals surface area contributed by atoms with E-state index in [4.69, 9.17) is 0 Å². The predicted molar refractivity (Wildman–Crippen MR) is 81.0 cm³/mol. The summed E-state index contributed by atoms with van der Waals surface area (Å²) in [4.78, 5) is 0.788. The molecule has 0 heterocycles. The van der Waals surface area contributed by atoms with Crippen LogP contribution in [0.5, 0.6) is 0 Å². The summed E-state index contributed by atoms with van der Waals surface area (Å²) in [6.45, 7) is 2.42. The molecular formula is C14H20BrNO2S. The highest BCUT2D eigenvalue weighted by Crippen LogP contribution is 2.29. The van der Waals surface area contributed by atoms with Gasteiger partial charge in [0.05, 0.1) is 4.90 Å². The number of halogens is 1. The number of nitrogens with one attached hydrogen (secondary N) is 1. The number of alkyl halides is 1. The summed E-state index contributed by atoms with van der Waals surface area (Å²) in [5.41, 5.74) is 0.957. The van der Waals surface area contributed by atoms with Crippen molar-refractivity contribution < 1.29 is 8.42 Å². The molecule has 1 saturated carbocycles. The van der Waals surface area contributed by atoms with Gasteiger partial charge in [0, 0.05) is 11.4 Å². The summed E-state index contributed by atoms with van der Waals surface area (Å²) in [5, 5.41) is 0. The Hall–Kier alpha value is -0.390. The van der Waals surface area contributed by atoms with Gasteiger partial charge >= 0.3 is 0 Å². The fourth-order valence-electron chi connectivity index (χ4n) is 2.47. The third-order valence-electron chi connectivity index (χ3n) is 3.65. The van der Waals surface area contributed by atoms with Crippen LogP contribution in [0.3, 0.4) is 0 Å². The highest BCUT2D eigenvalue weighted by atomic mass is 79.9. The van der Waals surface area contributed by atoms with Crippen LogP contribution >= 0.6 is 15.9 Å². The summed E-state index contributed by atoms with van der Waals surface area (Å²) in [6.07, 6.45) is 4.65. The van der Waals surface area contributed by atoms with Gasteiger partial charge < -0.3 is 0 Å². The zero-order chi connectivity index (χ0) is 13.9. The average Bonchev–Trinajstić information content (AvgIpc) is 2.38. The zero-order valence-corrected chi connectivity index (χ0v) is 13.5. The second kappa shape index (κ2) is 6.37. The van der Waals surface area contributed by atoms with Gasteiger partial charge in [0.1, 0.15) is 0 Å². The van der Waals surface area contributed by atoms with Gasteiger partial charge in [0.25, 0.3) is 0 Å². The lowest BCUT2D eigenvalue weighted by atomic mass is 9.89. The molecule has 2 unspecified atom stereocenters.